The van der Waals surface area contributed by atoms with Crippen LogP contribution in [0, 0.1) is 0 Å². The summed E-state index contributed by atoms with van der Waals surface area (Å²) < 4.78 is 9.57. The van der Waals surface area contributed by atoms with Gasteiger partial charge in [-0.15, -0.1) is 0 Å². The third kappa shape index (κ3) is 11.2. The van der Waals surface area contributed by atoms with Crippen LogP contribution in [0.15, 0.2) is 0 Å². The third-order valence-electron chi connectivity index (χ3n) is 2.35. The van der Waals surface area contributed by atoms with Crippen molar-refractivity contribution in [2.24, 2.45) is 0 Å². The zero-order chi connectivity index (χ0) is 12.9. The Morgan fingerprint density at radius 2 is 1.41 bits per heavy atom. The van der Waals surface area contributed by atoms with Crippen LogP contribution in [0.4, 0.5) is 0 Å². The summed E-state index contributed by atoms with van der Waals surface area (Å²) in [4.78, 5) is 22.1. The first kappa shape index (κ1) is 15.9. The van der Waals surface area contributed by atoms with Gasteiger partial charge in [-0.2, -0.15) is 0 Å². The molecule has 0 aromatic rings. The van der Waals surface area contributed by atoms with Gasteiger partial charge in [0.25, 0.3) is 0 Å². The van der Waals surface area contributed by atoms with Gasteiger partial charge in [0, 0.05) is 0 Å². The maximum absolute atomic E-state index is 11.1. The lowest BCUT2D eigenvalue weighted by atomic mass is 10.1. The molecule has 0 atom stereocenters. The standard InChI is InChI=1S/C13H24O4/c1-3-5-6-7-8-9-10-17-13(15)11-12(14)16-4-2/h3-11H2,1-2H3. The van der Waals surface area contributed by atoms with Gasteiger partial charge in [-0.25, -0.2) is 0 Å². The first-order valence-electron chi connectivity index (χ1n) is 6.52. The predicted octanol–water partition coefficient (Wildman–Crippen LogP) is 2.84. The number of hydrogen-bond acceptors (Lipinski definition) is 4. The Labute approximate surface area is 104 Å². The summed E-state index contributed by atoms with van der Waals surface area (Å²) in [6.07, 6.45) is 6.60. The fourth-order valence-corrected chi connectivity index (χ4v) is 1.45. The van der Waals surface area contributed by atoms with Gasteiger partial charge in [-0.1, -0.05) is 39.0 Å². The summed E-state index contributed by atoms with van der Waals surface area (Å²) >= 11 is 0. The molecule has 4 nitrogen and oxygen atoms in total. The van der Waals surface area contributed by atoms with Gasteiger partial charge in [-0.3, -0.25) is 9.59 Å². The van der Waals surface area contributed by atoms with E-state index >= 15 is 0 Å². The first-order valence-corrected chi connectivity index (χ1v) is 6.52. The molecule has 0 fully saturated rings. The maximum Gasteiger partial charge on any atom is 0.317 e. The lowest BCUT2D eigenvalue weighted by Crippen LogP contribution is -2.14. The molecule has 17 heavy (non-hydrogen) atoms. The van der Waals surface area contributed by atoms with Gasteiger partial charge < -0.3 is 9.47 Å². The molecule has 0 rings (SSSR count). The highest BCUT2D eigenvalue weighted by molar-refractivity contribution is 5.91. The molecule has 0 aliphatic heterocycles. The monoisotopic (exact) mass is 244 g/mol. The maximum atomic E-state index is 11.1. The Hall–Kier alpha value is -1.06. The number of hydrogen-bond donors (Lipinski definition) is 0. The fraction of sp³-hybridized carbons (Fsp3) is 0.846. The minimum Gasteiger partial charge on any atom is -0.466 e. The molecule has 0 unspecified atom stereocenters. The van der Waals surface area contributed by atoms with E-state index in [9.17, 15) is 9.59 Å². The van der Waals surface area contributed by atoms with Crippen LogP contribution in [-0.2, 0) is 19.1 Å². The van der Waals surface area contributed by atoms with E-state index in [1.54, 1.807) is 6.92 Å². The smallest absolute Gasteiger partial charge is 0.317 e. The summed E-state index contributed by atoms with van der Waals surface area (Å²) in [5.74, 6) is -1.00. The van der Waals surface area contributed by atoms with E-state index in [-0.39, 0.29) is 6.42 Å². The summed E-state index contributed by atoms with van der Waals surface area (Å²) in [6.45, 7) is 4.59. The summed E-state index contributed by atoms with van der Waals surface area (Å²) in [6, 6.07) is 0. The molecule has 0 saturated heterocycles. The van der Waals surface area contributed by atoms with E-state index in [2.05, 4.69) is 11.7 Å². The molecule has 0 spiro atoms. The van der Waals surface area contributed by atoms with E-state index in [1.165, 1.54) is 25.7 Å². The van der Waals surface area contributed by atoms with Crippen LogP contribution in [0.2, 0.25) is 0 Å². The summed E-state index contributed by atoms with van der Waals surface area (Å²) in [5, 5.41) is 0. The van der Waals surface area contributed by atoms with Crippen LogP contribution in [0.3, 0.4) is 0 Å². The molecule has 0 aliphatic rings. The summed E-state index contributed by atoms with van der Waals surface area (Å²) in [7, 11) is 0. The Morgan fingerprint density at radius 3 is 2.06 bits per heavy atom. The molecule has 0 aliphatic carbocycles. The molecule has 0 bridgehead atoms. The zero-order valence-corrected chi connectivity index (χ0v) is 11.0. The van der Waals surface area contributed by atoms with Crippen molar-refractivity contribution in [2.45, 2.75) is 58.8 Å². The van der Waals surface area contributed by atoms with Crippen molar-refractivity contribution in [3.63, 3.8) is 0 Å². The van der Waals surface area contributed by atoms with Gasteiger partial charge in [0.1, 0.15) is 6.42 Å². The number of rotatable bonds is 10. The first-order chi connectivity index (χ1) is 8.20. The molecule has 0 aromatic heterocycles. The molecular weight excluding hydrogens is 220 g/mol. The van der Waals surface area contributed by atoms with Crippen molar-refractivity contribution in [1.82, 2.24) is 0 Å². The fourth-order valence-electron chi connectivity index (χ4n) is 1.45. The Balaban J connectivity index is 3.30. The molecule has 0 heterocycles. The van der Waals surface area contributed by atoms with E-state index in [1.807, 2.05) is 0 Å². The highest BCUT2D eigenvalue weighted by atomic mass is 16.6. The van der Waals surface area contributed by atoms with Crippen molar-refractivity contribution in [1.29, 1.82) is 0 Å². The van der Waals surface area contributed by atoms with Gasteiger partial charge in [0.2, 0.25) is 0 Å². The number of esters is 2. The molecule has 4 heteroatoms. The number of carbonyl (C=O) groups is 2. The SMILES string of the molecule is CCCCCCCCOC(=O)CC(=O)OCC. The van der Waals surface area contributed by atoms with E-state index < -0.39 is 11.9 Å². The number of unbranched alkanes of at least 4 members (excludes halogenated alkanes) is 5. The second-order valence-corrected chi connectivity index (χ2v) is 3.97. The number of ether oxygens (including phenoxy) is 2. The van der Waals surface area contributed by atoms with Crippen LogP contribution in [0.1, 0.15) is 58.8 Å². The molecule has 0 aromatic carbocycles. The van der Waals surface area contributed by atoms with E-state index in [0.717, 1.165) is 12.8 Å². The Morgan fingerprint density at radius 1 is 0.824 bits per heavy atom. The highest BCUT2D eigenvalue weighted by Gasteiger charge is 2.10. The summed E-state index contributed by atoms with van der Waals surface area (Å²) in [5.41, 5.74) is 0. The van der Waals surface area contributed by atoms with Crippen molar-refractivity contribution in [2.75, 3.05) is 13.2 Å². The van der Waals surface area contributed by atoms with Crippen LogP contribution in [0.5, 0.6) is 0 Å². The van der Waals surface area contributed by atoms with Gasteiger partial charge in [0.05, 0.1) is 13.2 Å². The lowest BCUT2D eigenvalue weighted by Gasteiger charge is -2.04. The highest BCUT2D eigenvalue weighted by Crippen LogP contribution is 2.05. The predicted molar refractivity (Wildman–Crippen MR) is 65.6 cm³/mol. The molecule has 100 valence electrons. The normalized spacial score (nSPS) is 10.0. The molecule has 0 radical (unpaired) electrons. The largest absolute Gasteiger partial charge is 0.466 e. The van der Waals surface area contributed by atoms with Crippen molar-refractivity contribution in [3.05, 3.63) is 0 Å². The zero-order valence-electron chi connectivity index (χ0n) is 11.0. The Bertz CT molecular complexity index is 213. The van der Waals surface area contributed by atoms with Crippen molar-refractivity contribution >= 4 is 11.9 Å². The number of carbonyl (C=O) groups excluding carboxylic acids is 2. The average Bonchev–Trinajstić information content (AvgIpc) is 2.28. The van der Waals surface area contributed by atoms with Gasteiger partial charge in [-0.05, 0) is 13.3 Å². The van der Waals surface area contributed by atoms with E-state index in [4.69, 9.17) is 4.74 Å². The van der Waals surface area contributed by atoms with Crippen LogP contribution < -0.4 is 0 Å². The van der Waals surface area contributed by atoms with Gasteiger partial charge in [0.15, 0.2) is 0 Å². The molecule has 0 N–H and O–H groups in total. The molecular formula is C13H24O4. The average molecular weight is 244 g/mol. The lowest BCUT2D eigenvalue weighted by molar-refractivity contribution is -0.154. The van der Waals surface area contributed by atoms with Crippen molar-refractivity contribution < 1.29 is 19.1 Å². The van der Waals surface area contributed by atoms with Crippen LogP contribution in [0.25, 0.3) is 0 Å². The molecule has 0 amide bonds. The molecule has 0 saturated carbocycles. The van der Waals surface area contributed by atoms with Crippen LogP contribution >= 0.6 is 0 Å². The minimum atomic E-state index is -0.513. The second kappa shape index (κ2) is 11.4. The minimum absolute atomic E-state index is 0.274. The third-order valence-corrected chi connectivity index (χ3v) is 2.35. The van der Waals surface area contributed by atoms with Crippen LogP contribution in [-0.4, -0.2) is 25.2 Å². The topological polar surface area (TPSA) is 52.6 Å². The second-order valence-electron chi connectivity index (χ2n) is 3.97. The van der Waals surface area contributed by atoms with E-state index in [0.29, 0.717) is 13.2 Å². The Kier molecular flexibility index (Phi) is 10.7. The van der Waals surface area contributed by atoms with Crippen molar-refractivity contribution in [3.8, 4) is 0 Å². The van der Waals surface area contributed by atoms with Gasteiger partial charge >= 0.3 is 11.9 Å². The quantitative estimate of drug-likeness (QED) is 0.337.